The van der Waals surface area contributed by atoms with Crippen molar-refractivity contribution in [3.63, 3.8) is 0 Å². The van der Waals surface area contributed by atoms with Crippen LogP contribution in [-0.2, 0) is 11.2 Å². The van der Waals surface area contributed by atoms with Gasteiger partial charge in [0.15, 0.2) is 0 Å². The van der Waals surface area contributed by atoms with Gasteiger partial charge >= 0.3 is 6.01 Å². The molecule has 2 amide bonds. The van der Waals surface area contributed by atoms with Crippen molar-refractivity contribution in [3.8, 4) is 11.3 Å². The Morgan fingerprint density at radius 1 is 1.30 bits per heavy atom. The summed E-state index contributed by atoms with van der Waals surface area (Å²) in [6, 6.07) is 3.76. The van der Waals surface area contributed by atoms with Crippen molar-refractivity contribution >= 4 is 29.3 Å². The maximum absolute atomic E-state index is 12.5. The first-order valence-corrected chi connectivity index (χ1v) is 10.5. The summed E-state index contributed by atoms with van der Waals surface area (Å²) in [5.74, 6) is 0.643. The van der Waals surface area contributed by atoms with Gasteiger partial charge in [-0.05, 0) is 25.5 Å². The average Bonchev–Trinajstić information content (AvgIpc) is 3.46. The number of anilines is 2. The maximum Gasteiger partial charge on any atom is 0.302 e. The number of likely N-dealkylation sites (tertiary alicyclic amines) is 1. The van der Waals surface area contributed by atoms with Gasteiger partial charge in [-0.15, -0.1) is 0 Å². The van der Waals surface area contributed by atoms with Crippen molar-refractivity contribution in [2.75, 3.05) is 18.1 Å². The number of aryl methyl sites for hydroxylation is 1. The maximum atomic E-state index is 12.5. The van der Waals surface area contributed by atoms with Crippen LogP contribution in [-0.4, -0.2) is 54.1 Å². The van der Waals surface area contributed by atoms with Crippen molar-refractivity contribution in [2.45, 2.75) is 32.2 Å². The molecule has 3 N–H and O–H groups in total. The number of rotatable bonds is 5. The standard InChI is InChI=1S/C22H22N8O3/c1-12-20(23)26-17-5-3-13(11-30(12)17)19-16(9-14-4-6-18(31)29(14)2)33-22(27-19)28-21(32)15-10-24-7-8-25-15/h3,5,7-8,10-11,14H,4,6,9,23H2,1-2H3,(H,27,28,32). The molecule has 5 rings (SSSR count). The van der Waals surface area contributed by atoms with E-state index in [-0.39, 0.29) is 23.7 Å². The number of fused-ring (bicyclic) bond motifs is 1. The van der Waals surface area contributed by atoms with Gasteiger partial charge in [0.2, 0.25) is 5.91 Å². The molecule has 4 aromatic heterocycles. The Balaban J connectivity index is 1.52. The average molecular weight is 446 g/mol. The zero-order valence-corrected chi connectivity index (χ0v) is 18.1. The number of pyridine rings is 1. The number of oxazole rings is 1. The van der Waals surface area contributed by atoms with E-state index < -0.39 is 5.91 Å². The molecular weight excluding hydrogens is 424 g/mol. The second kappa shape index (κ2) is 8.01. The largest absolute Gasteiger partial charge is 0.428 e. The summed E-state index contributed by atoms with van der Waals surface area (Å²) in [5.41, 5.74) is 8.98. The fourth-order valence-corrected chi connectivity index (χ4v) is 3.98. The molecule has 1 aliphatic heterocycles. The number of imidazole rings is 1. The van der Waals surface area contributed by atoms with E-state index in [9.17, 15) is 9.59 Å². The summed E-state index contributed by atoms with van der Waals surface area (Å²) in [7, 11) is 1.79. The third-order valence-corrected chi connectivity index (χ3v) is 5.93. The summed E-state index contributed by atoms with van der Waals surface area (Å²) in [5, 5.41) is 2.65. The molecule has 1 saturated heterocycles. The van der Waals surface area contributed by atoms with Gasteiger partial charge in [-0.2, -0.15) is 4.98 Å². The first kappa shape index (κ1) is 20.6. The molecule has 11 heteroatoms. The highest BCUT2D eigenvalue weighted by molar-refractivity contribution is 6.01. The van der Waals surface area contributed by atoms with Crippen LogP contribution in [0, 0.1) is 6.92 Å². The van der Waals surface area contributed by atoms with Gasteiger partial charge in [-0.3, -0.25) is 19.9 Å². The molecule has 5 heterocycles. The number of hydrogen-bond donors (Lipinski definition) is 2. The molecular formula is C22H22N8O3. The number of nitrogens with one attached hydrogen (secondary N) is 1. The van der Waals surface area contributed by atoms with Crippen molar-refractivity contribution < 1.29 is 14.0 Å². The monoisotopic (exact) mass is 446 g/mol. The van der Waals surface area contributed by atoms with Gasteiger partial charge in [0.25, 0.3) is 5.91 Å². The summed E-state index contributed by atoms with van der Waals surface area (Å²) in [4.78, 5) is 43.1. The normalized spacial score (nSPS) is 16.0. The molecule has 0 aliphatic carbocycles. The van der Waals surface area contributed by atoms with Crippen molar-refractivity contribution in [1.29, 1.82) is 0 Å². The van der Waals surface area contributed by atoms with Crippen molar-refractivity contribution in [2.24, 2.45) is 0 Å². The zero-order chi connectivity index (χ0) is 23.1. The van der Waals surface area contributed by atoms with E-state index in [1.54, 1.807) is 11.9 Å². The lowest BCUT2D eigenvalue weighted by Gasteiger charge is -2.18. The molecule has 168 valence electrons. The van der Waals surface area contributed by atoms with Crippen LogP contribution in [0.2, 0.25) is 0 Å². The van der Waals surface area contributed by atoms with Crippen molar-refractivity contribution in [3.05, 3.63) is 54.1 Å². The first-order valence-electron chi connectivity index (χ1n) is 10.5. The van der Waals surface area contributed by atoms with Gasteiger partial charge < -0.3 is 19.5 Å². The number of carbonyl (C=O) groups is 2. The molecule has 1 atom stereocenters. The van der Waals surface area contributed by atoms with E-state index in [1.165, 1.54) is 18.6 Å². The summed E-state index contributed by atoms with van der Waals surface area (Å²) >= 11 is 0. The molecule has 1 unspecified atom stereocenters. The summed E-state index contributed by atoms with van der Waals surface area (Å²) in [6.45, 7) is 1.88. The Morgan fingerprint density at radius 2 is 2.15 bits per heavy atom. The zero-order valence-electron chi connectivity index (χ0n) is 18.1. The number of carbonyl (C=O) groups excluding carboxylic acids is 2. The molecule has 1 aliphatic rings. The molecule has 4 aromatic rings. The van der Waals surface area contributed by atoms with Crippen LogP contribution in [0.15, 0.2) is 41.3 Å². The predicted octanol–water partition coefficient (Wildman–Crippen LogP) is 2.09. The van der Waals surface area contributed by atoms with Gasteiger partial charge in [-0.1, -0.05) is 0 Å². The molecule has 33 heavy (non-hydrogen) atoms. The third-order valence-electron chi connectivity index (χ3n) is 5.93. The molecule has 0 bridgehead atoms. The molecule has 0 radical (unpaired) electrons. The summed E-state index contributed by atoms with van der Waals surface area (Å²) < 4.78 is 7.86. The molecule has 0 aromatic carbocycles. The van der Waals surface area contributed by atoms with Gasteiger partial charge in [0, 0.05) is 50.1 Å². The second-order valence-corrected chi connectivity index (χ2v) is 7.97. The molecule has 1 fully saturated rings. The Morgan fingerprint density at radius 3 is 2.88 bits per heavy atom. The lowest BCUT2D eigenvalue weighted by atomic mass is 10.1. The van der Waals surface area contributed by atoms with E-state index >= 15 is 0 Å². The Labute approximate surface area is 188 Å². The lowest BCUT2D eigenvalue weighted by Crippen LogP contribution is -2.30. The van der Waals surface area contributed by atoms with Crippen LogP contribution in [0.3, 0.4) is 0 Å². The topological polar surface area (TPSA) is 145 Å². The van der Waals surface area contributed by atoms with E-state index in [0.717, 1.165) is 23.3 Å². The third kappa shape index (κ3) is 3.77. The van der Waals surface area contributed by atoms with Crippen LogP contribution >= 0.6 is 0 Å². The second-order valence-electron chi connectivity index (χ2n) is 7.97. The number of likely N-dealkylation sites (N-methyl/N-ethyl adjacent to an activating group) is 1. The highest BCUT2D eigenvalue weighted by atomic mass is 16.4. The number of nitrogens with zero attached hydrogens (tertiary/aromatic N) is 6. The fraction of sp³-hybridized carbons (Fsp3) is 0.273. The van der Waals surface area contributed by atoms with E-state index in [2.05, 4.69) is 25.3 Å². The van der Waals surface area contributed by atoms with Crippen LogP contribution in [0.4, 0.5) is 11.8 Å². The van der Waals surface area contributed by atoms with Crippen LogP contribution in [0.5, 0.6) is 0 Å². The highest BCUT2D eigenvalue weighted by Gasteiger charge is 2.30. The minimum absolute atomic E-state index is 0.0119. The number of amides is 2. The van der Waals surface area contributed by atoms with E-state index in [1.807, 2.05) is 29.7 Å². The van der Waals surface area contributed by atoms with Crippen LogP contribution in [0.1, 0.15) is 34.8 Å². The lowest BCUT2D eigenvalue weighted by molar-refractivity contribution is -0.127. The minimum Gasteiger partial charge on any atom is -0.428 e. The van der Waals surface area contributed by atoms with Gasteiger partial charge in [0.05, 0.1) is 11.9 Å². The number of aromatic nitrogens is 5. The van der Waals surface area contributed by atoms with Gasteiger partial charge in [-0.25, -0.2) is 9.97 Å². The van der Waals surface area contributed by atoms with Crippen LogP contribution < -0.4 is 11.1 Å². The molecule has 11 nitrogen and oxygen atoms in total. The first-order chi connectivity index (χ1) is 15.9. The number of nitrogen functional groups attached to an aromatic ring is 1. The quantitative estimate of drug-likeness (QED) is 0.474. The van der Waals surface area contributed by atoms with E-state index in [4.69, 9.17) is 10.2 Å². The Bertz CT molecular complexity index is 1360. The number of hydrogen-bond acceptors (Lipinski definition) is 8. The predicted molar refractivity (Wildman–Crippen MR) is 119 cm³/mol. The highest BCUT2D eigenvalue weighted by Crippen LogP contribution is 2.31. The molecule has 0 saturated carbocycles. The van der Waals surface area contributed by atoms with Crippen molar-refractivity contribution in [1.82, 2.24) is 29.2 Å². The summed E-state index contributed by atoms with van der Waals surface area (Å²) in [6.07, 6.45) is 7.86. The fourth-order valence-electron chi connectivity index (χ4n) is 3.98. The minimum atomic E-state index is -0.482. The Hall–Kier alpha value is -4.28. The SMILES string of the molecule is Cc1c(N)nc2ccc(-c3nc(NC(=O)c4cnccn4)oc3CC3CCC(=O)N3C)cn12. The number of nitrogens with two attached hydrogens (primary N) is 1. The van der Waals surface area contributed by atoms with Crippen LogP contribution in [0.25, 0.3) is 16.9 Å². The smallest absolute Gasteiger partial charge is 0.302 e. The van der Waals surface area contributed by atoms with E-state index in [0.29, 0.717) is 30.1 Å². The van der Waals surface area contributed by atoms with Gasteiger partial charge in [0.1, 0.15) is 28.6 Å². The molecule has 0 spiro atoms. The Kier molecular flexibility index (Phi) is 5.00.